The van der Waals surface area contributed by atoms with Gasteiger partial charge in [-0.1, -0.05) is 56.3 Å². The molecule has 0 saturated heterocycles. The minimum Gasteiger partial charge on any atom is -0.369 e. The molecule has 0 saturated carbocycles. The van der Waals surface area contributed by atoms with E-state index in [-0.39, 0.29) is 37.4 Å². The van der Waals surface area contributed by atoms with Gasteiger partial charge in [0, 0.05) is 12.2 Å². The molecule has 0 aliphatic rings. The quantitative estimate of drug-likeness (QED) is 0.220. The number of hydrogen-bond donors (Lipinski definition) is 4. The molecule has 0 heterocycles. The fourth-order valence-corrected chi connectivity index (χ4v) is 3.36. The summed E-state index contributed by atoms with van der Waals surface area (Å²) in [6, 6.07) is 14.9. The predicted molar refractivity (Wildman–Crippen MR) is 138 cm³/mol. The molecule has 0 aromatic heterocycles. The lowest BCUT2D eigenvalue weighted by Gasteiger charge is -2.22. The third-order valence-electron chi connectivity index (χ3n) is 5.53. The van der Waals surface area contributed by atoms with Crippen LogP contribution in [0.3, 0.4) is 0 Å². The number of amides is 3. The Labute approximate surface area is 212 Å². The van der Waals surface area contributed by atoms with E-state index in [1.54, 1.807) is 24.3 Å². The first kappa shape index (κ1) is 28.7. The van der Waals surface area contributed by atoms with Crippen molar-refractivity contribution in [3.05, 3.63) is 65.7 Å². The molecule has 5 N–H and O–H groups in total. The van der Waals surface area contributed by atoms with E-state index in [4.69, 9.17) is 10.5 Å². The van der Waals surface area contributed by atoms with E-state index in [2.05, 4.69) is 16.0 Å². The lowest BCUT2D eigenvalue weighted by Crippen LogP contribution is -2.51. The monoisotopic (exact) mass is 496 g/mol. The summed E-state index contributed by atoms with van der Waals surface area (Å²) in [5, 5.41) is 8.42. The van der Waals surface area contributed by atoms with Gasteiger partial charge in [-0.2, -0.15) is 0 Å². The Morgan fingerprint density at radius 3 is 2.31 bits per heavy atom. The second-order valence-corrected chi connectivity index (χ2v) is 8.85. The molecule has 3 amide bonds. The fraction of sp³-hybridized carbons (Fsp3) is 0.407. The van der Waals surface area contributed by atoms with Gasteiger partial charge in [0.1, 0.15) is 18.9 Å². The van der Waals surface area contributed by atoms with E-state index in [1.165, 1.54) is 0 Å². The molecule has 2 aromatic rings. The average Bonchev–Trinajstić information content (AvgIpc) is 2.87. The molecule has 9 nitrogen and oxygen atoms in total. The number of benzene rings is 2. The van der Waals surface area contributed by atoms with Crippen molar-refractivity contribution in [3.8, 4) is 0 Å². The molecule has 0 aliphatic carbocycles. The molecule has 0 aliphatic heterocycles. The Hall–Kier alpha value is -3.56. The second kappa shape index (κ2) is 15.4. The van der Waals surface area contributed by atoms with Crippen molar-refractivity contribution in [3.63, 3.8) is 0 Å². The van der Waals surface area contributed by atoms with Gasteiger partial charge in [-0.05, 0) is 42.0 Å². The normalized spacial score (nSPS) is 12.4. The summed E-state index contributed by atoms with van der Waals surface area (Å²) < 4.78 is 5.17. The number of carbonyl (C=O) groups is 4. The number of hydrogen-bond acceptors (Lipinski definition) is 6. The highest BCUT2D eigenvalue weighted by atomic mass is 16.5. The lowest BCUT2D eigenvalue weighted by atomic mass is 10.0. The number of nitrogens with two attached hydrogens (primary N) is 1. The van der Waals surface area contributed by atoms with Crippen molar-refractivity contribution in [1.82, 2.24) is 10.6 Å². The van der Waals surface area contributed by atoms with Crippen LogP contribution in [-0.4, -0.2) is 49.2 Å². The van der Waals surface area contributed by atoms with E-state index >= 15 is 0 Å². The van der Waals surface area contributed by atoms with Crippen LogP contribution in [0.2, 0.25) is 0 Å². The van der Waals surface area contributed by atoms with Gasteiger partial charge in [-0.15, -0.1) is 0 Å². The van der Waals surface area contributed by atoms with Crippen LogP contribution in [0, 0.1) is 5.92 Å². The highest BCUT2D eigenvalue weighted by Gasteiger charge is 2.25. The molecular weight excluding hydrogens is 460 g/mol. The average molecular weight is 497 g/mol. The Bertz CT molecular complexity index is 979. The molecule has 0 bridgehead atoms. The largest absolute Gasteiger partial charge is 0.369 e. The molecule has 2 unspecified atom stereocenters. The maximum Gasteiger partial charge on any atom is 0.246 e. The minimum absolute atomic E-state index is 0.0189. The molecule has 2 aromatic carbocycles. The molecule has 194 valence electrons. The molecular formula is C27H36N4O5. The topological polar surface area (TPSA) is 140 Å². The summed E-state index contributed by atoms with van der Waals surface area (Å²) in [4.78, 5) is 48.1. The number of nitrogens with one attached hydrogen (secondary N) is 3. The van der Waals surface area contributed by atoms with Crippen molar-refractivity contribution >= 4 is 29.7 Å². The molecule has 9 heteroatoms. The zero-order valence-electron chi connectivity index (χ0n) is 20.9. The van der Waals surface area contributed by atoms with E-state index in [9.17, 15) is 19.2 Å². The van der Waals surface area contributed by atoms with Crippen LogP contribution in [0.1, 0.15) is 37.8 Å². The SMILES string of the molecule is CC(C)C(N)C(=O)NC(CCCNC(=O)Cc1ccccc1)C(=O)Nc1ccc(COCC=O)cc1. The summed E-state index contributed by atoms with van der Waals surface area (Å²) in [6.45, 7) is 4.35. The van der Waals surface area contributed by atoms with Crippen molar-refractivity contribution in [2.45, 2.75) is 51.8 Å². The van der Waals surface area contributed by atoms with Gasteiger partial charge in [0.15, 0.2) is 0 Å². The molecule has 2 atom stereocenters. The summed E-state index contributed by atoms with van der Waals surface area (Å²) in [6.07, 6.45) is 1.78. The van der Waals surface area contributed by atoms with Crippen molar-refractivity contribution in [2.75, 3.05) is 18.5 Å². The van der Waals surface area contributed by atoms with Crippen LogP contribution in [0.15, 0.2) is 54.6 Å². The second-order valence-electron chi connectivity index (χ2n) is 8.85. The zero-order valence-corrected chi connectivity index (χ0v) is 20.9. The van der Waals surface area contributed by atoms with Crippen LogP contribution in [-0.2, 0) is 36.9 Å². The summed E-state index contributed by atoms with van der Waals surface area (Å²) in [5.41, 5.74) is 8.29. The molecule has 0 spiro atoms. The van der Waals surface area contributed by atoms with Crippen molar-refractivity contribution in [1.29, 1.82) is 0 Å². The standard InChI is InChI=1S/C27H36N4O5/c1-19(2)25(28)27(35)31-23(9-6-14-29-24(33)17-20-7-4-3-5-8-20)26(34)30-22-12-10-21(11-13-22)18-36-16-15-32/h3-5,7-8,10-13,15,19,23,25H,6,9,14,16-18,28H2,1-2H3,(H,29,33)(H,30,34)(H,31,35). The molecule has 36 heavy (non-hydrogen) atoms. The lowest BCUT2D eigenvalue weighted by molar-refractivity contribution is -0.128. The Morgan fingerprint density at radius 2 is 1.67 bits per heavy atom. The Balaban J connectivity index is 1.92. The first-order valence-corrected chi connectivity index (χ1v) is 12.1. The highest BCUT2D eigenvalue weighted by molar-refractivity contribution is 5.97. The third-order valence-corrected chi connectivity index (χ3v) is 5.53. The van der Waals surface area contributed by atoms with E-state index in [1.807, 2.05) is 44.2 Å². The summed E-state index contributed by atoms with van der Waals surface area (Å²) >= 11 is 0. The molecule has 2 rings (SSSR count). The van der Waals surface area contributed by atoms with Gasteiger partial charge in [-0.3, -0.25) is 14.4 Å². The van der Waals surface area contributed by atoms with Crippen LogP contribution >= 0.6 is 0 Å². The van der Waals surface area contributed by atoms with Gasteiger partial charge in [0.05, 0.1) is 19.1 Å². The van der Waals surface area contributed by atoms with E-state index in [0.29, 0.717) is 31.4 Å². The van der Waals surface area contributed by atoms with Crippen LogP contribution in [0.25, 0.3) is 0 Å². The van der Waals surface area contributed by atoms with Crippen LogP contribution in [0.4, 0.5) is 5.69 Å². The Kier molecular flexibility index (Phi) is 12.3. The van der Waals surface area contributed by atoms with Crippen LogP contribution in [0.5, 0.6) is 0 Å². The number of ether oxygens (including phenoxy) is 1. The van der Waals surface area contributed by atoms with Crippen molar-refractivity contribution in [2.24, 2.45) is 11.7 Å². The maximum atomic E-state index is 13.0. The van der Waals surface area contributed by atoms with Gasteiger partial charge >= 0.3 is 0 Å². The van der Waals surface area contributed by atoms with Gasteiger partial charge in [0.2, 0.25) is 17.7 Å². The smallest absolute Gasteiger partial charge is 0.246 e. The maximum absolute atomic E-state index is 13.0. The van der Waals surface area contributed by atoms with Gasteiger partial charge in [-0.25, -0.2) is 0 Å². The van der Waals surface area contributed by atoms with Gasteiger partial charge in [0.25, 0.3) is 0 Å². The molecule has 0 radical (unpaired) electrons. The van der Waals surface area contributed by atoms with Gasteiger partial charge < -0.3 is 31.2 Å². The van der Waals surface area contributed by atoms with E-state index < -0.39 is 18.0 Å². The summed E-state index contributed by atoms with van der Waals surface area (Å²) in [7, 11) is 0. The van der Waals surface area contributed by atoms with E-state index in [0.717, 1.165) is 11.1 Å². The number of carbonyl (C=O) groups excluding carboxylic acids is 4. The first-order valence-electron chi connectivity index (χ1n) is 12.1. The number of rotatable bonds is 15. The summed E-state index contributed by atoms with van der Waals surface area (Å²) in [5.74, 6) is -0.967. The Morgan fingerprint density at radius 1 is 0.972 bits per heavy atom. The fourth-order valence-electron chi connectivity index (χ4n) is 3.36. The van der Waals surface area contributed by atoms with Crippen molar-refractivity contribution < 1.29 is 23.9 Å². The zero-order chi connectivity index (χ0) is 26.3. The minimum atomic E-state index is -0.816. The predicted octanol–water partition coefficient (Wildman–Crippen LogP) is 1.95. The number of aldehydes is 1. The first-order chi connectivity index (χ1) is 17.3. The molecule has 0 fully saturated rings. The van der Waals surface area contributed by atoms with Crippen LogP contribution < -0.4 is 21.7 Å². The number of anilines is 1. The highest BCUT2D eigenvalue weighted by Crippen LogP contribution is 2.12. The third kappa shape index (κ3) is 10.4.